The van der Waals surface area contributed by atoms with Crippen LogP contribution in [-0.2, 0) is 0 Å². The Labute approximate surface area is 85.5 Å². The Morgan fingerprint density at radius 2 is 1.93 bits per heavy atom. The lowest BCUT2D eigenvalue weighted by Crippen LogP contribution is -1.74. The summed E-state index contributed by atoms with van der Waals surface area (Å²) in [7, 11) is 0. The van der Waals surface area contributed by atoms with E-state index in [0.29, 0.717) is 5.15 Å². The van der Waals surface area contributed by atoms with Gasteiger partial charge in [0.25, 0.3) is 0 Å². The quantitative estimate of drug-likeness (QED) is 0.557. The van der Waals surface area contributed by atoms with Crippen molar-refractivity contribution in [1.29, 1.82) is 0 Å². The summed E-state index contributed by atoms with van der Waals surface area (Å²) >= 11 is 5.99. The van der Waals surface area contributed by atoms with Crippen molar-refractivity contribution in [3.05, 3.63) is 41.7 Å². The van der Waals surface area contributed by atoms with Crippen LogP contribution in [0, 0.1) is 0 Å². The summed E-state index contributed by atoms with van der Waals surface area (Å²) < 4.78 is 0. The van der Waals surface area contributed by atoms with Gasteiger partial charge in [0.2, 0.25) is 0 Å². The van der Waals surface area contributed by atoms with Crippen LogP contribution in [0.25, 0.3) is 21.8 Å². The Morgan fingerprint density at radius 1 is 1.07 bits per heavy atom. The number of benzene rings is 1. The Hall–Kier alpha value is -1.54. The Morgan fingerprint density at radius 3 is 2.86 bits per heavy atom. The van der Waals surface area contributed by atoms with Crippen molar-refractivity contribution >= 4 is 33.4 Å². The van der Waals surface area contributed by atoms with Crippen LogP contribution >= 0.6 is 11.6 Å². The molecule has 0 atom stereocenters. The number of H-pyrrole nitrogens is 1. The summed E-state index contributed by atoms with van der Waals surface area (Å²) in [6.45, 7) is 0. The fraction of sp³-hybridized carbons (Fsp3) is 0. The second-order valence-electron chi connectivity index (χ2n) is 3.19. The van der Waals surface area contributed by atoms with E-state index in [2.05, 4.69) is 16.0 Å². The lowest BCUT2D eigenvalue weighted by Gasteiger charge is -1.90. The molecular formula is C11H7ClN2. The van der Waals surface area contributed by atoms with Crippen LogP contribution in [0.2, 0.25) is 5.15 Å². The summed E-state index contributed by atoms with van der Waals surface area (Å²) in [5.74, 6) is 0. The maximum atomic E-state index is 5.99. The first-order chi connectivity index (χ1) is 6.86. The number of fused-ring (bicyclic) bond motifs is 3. The van der Waals surface area contributed by atoms with E-state index < -0.39 is 0 Å². The van der Waals surface area contributed by atoms with Crippen LogP contribution in [-0.4, -0.2) is 9.97 Å². The van der Waals surface area contributed by atoms with Gasteiger partial charge in [-0.25, -0.2) is 4.98 Å². The average molecular weight is 203 g/mol. The molecule has 2 aromatic heterocycles. The minimum Gasteiger partial charge on any atom is -0.352 e. The fourth-order valence-electron chi connectivity index (χ4n) is 1.74. The van der Waals surface area contributed by atoms with Crippen LogP contribution in [0.3, 0.4) is 0 Å². The molecule has 0 fully saturated rings. The predicted octanol–water partition coefficient (Wildman–Crippen LogP) is 3.37. The molecule has 3 aromatic rings. The van der Waals surface area contributed by atoms with Crippen LogP contribution in [0.4, 0.5) is 0 Å². The zero-order valence-electron chi connectivity index (χ0n) is 7.29. The molecule has 3 heteroatoms. The summed E-state index contributed by atoms with van der Waals surface area (Å²) in [6, 6.07) is 10.1. The third-order valence-electron chi connectivity index (χ3n) is 2.38. The second-order valence-corrected chi connectivity index (χ2v) is 3.55. The van der Waals surface area contributed by atoms with Gasteiger partial charge in [-0.05, 0) is 12.1 Å². The molecule has 1 N–H and O–H groups in total. The van der Waals surface area contributed by atoms with Crippen LogP contribution in [0.1, 0.15) is 0 Å². The van der Waals surface area contributed by atoms with Gasteiger partial charge < -0.3 is 4.98 Å². The summed E-state index contributed by atoms with van der Waals surface area (Å²) in [4.78, 5) is 7.29. The number of hydrogen-bond donors (Lipinski definition) is 1. The predicted molar refractivity (Wildman–Crippen MR) is 58.6 cm³/mol. The van der Waals surface area contributed by atoms with Gasteiger partial charge >= 0.3 is 0 Å². The molecule has 1 aromatic carbocycles. The molecule has 0 saturated heterocycles. The molecular weight excluding hydrogens is 196 g/mol. The number of para-hydroxylation sites is 1. The minimum absolute atomic E-state index is 0.527. The number of nitrogens with zero attached hydrogens (tertiary/aromatic N) is 1. The summed E-state index contributed by atoms with van der Waals surface area (Å²) in [5, 5.41) is 2.84. The van der Waals surface area contributed by atoms with E-state index in [4.69, 9.17) is 11.6 Å². The molecule has 0 unspecified atom stereocenters. The van der Waals surface area contributed by atoms with Crippen LogP contribution in [0.5, 0.6) is 0 Å². The van der Waals surface area contributed by atoms with Crippen molar-refractivity contribution < 1.29 is 0 Å². The highest BCUT2D eigenvalue weighted by molar-refractivity contribution is 6.35. The third-order valence-corrected chi connectivity index (χ3v) is 2.67. The van der Waals surface area contributed by atoms with E-state index in [1.54, 1.807) is 6.20 Å². The van der Waals surface area contributed by atoms with Gasteiger partial charge in [0.05, 0.1) is 5.52 Å². The average Bonchev–Trinajstić information content (AvgIpc) is 2.59. The maximum Gasteiger partial charge on any atom is 0.153 e. The number of pyridine rings is 1. The number of hydrogen-bond acceptors (Lipinski definition) is 1. The van der Waals surface area contributed by atoms with E-state index in [0.717, 1.165) is 16.4 Å². The normalized spacial score (nSPS) is 11.2. The van der Waals surface area contributed by atoms with E-state index in [1.165, 1.54) is 5.39 Å². The number of aromatic amines is 1. The standard InChI is InChI=1S/C11H7ClN2/c12-11-10-8(5-6-13-11)7-3-1-2-4-9(7)14-10/h1-6,14H. The van der Waals surface area contributed by atoms with Gasteiger partial charge in [0.1, 0.15) is 0 Å². The molecule has 0 aliphatic carbocycles. The molecule has 0 amide bonds. The zero-order chi connectivity index (χ0) is 9.54. The van der Waals surface area contributed by atoms with Crippen molar-refractivity contribution in [3.8, 4) is 0 Å². The smallest absolute Gasteiger partial charge is 0.153 e. The van der Waals surface area contributed by atoms with E-state index in [1.807, 2.05) is 24.3 Å². The fourth-order valence-corrected chi connectivity index (χ4v) is 1.95. The molecule has 0 bridgehead atoms. The largest absolute Gasteiger partial charge is 0.352 e. The van der Waals surface area contributed by atoms with E-state index in [-0.39, 0.29) is 0 Å². The van der Waals surface area contributed by atoms with Crippen molar-refractivity contribution in [2.45, 2.75) is 0 Å². The SMILES string of the molecule is Clc1nccc2c1[nH]c1ccccc12. The molecule has 0 radical (unpaired) electrons. The maximum absolute atomic E-state index is 5.99. The first-order valence-electron chi connectivity index (χ1n) is 4.37. The Kier molecular flexibility index (Phi) is 1.52. The van der Waals surface area contributed by atoms with E-state index in [9.17, 15) is 0 Å². The van der Waals surface area contributed by atoms with Gasteiger partial charge in [-0.1, -0.05) is 29.8 Å². The van der Waals surface area contributed by atoms with Gasteiger partial charge in [-0.3, -0.25) is 0 Å². The topological polar surface area (TPSA) is 28.7 Å². The molecule has 0 aliphatic rings. The van der Waals surface area contributed by atoms with Crippen molar-refractivity contribution in [2.75, 3.05) is 0 Å². The molecule has 2 nitrogen and oxygen atoms in total. The molecule has 0 aliphatic heterocycles. The molecule has 3 rings (SSSR count). The van der Waals surface area contributed by atoms with Gasteiger partial charge in [-0.15, -0.1) is 0 Å². The zero-order valence-corrected chi connectivity index (χ0v) is 8.05. The van der Waals surface area contributed by atoms with Gasteiger partial charge in [0, 0.05) is 22.5 Å². The van der Waals surface area contributed by atoms with Crippen molar-refractivity contribution in [2.24, 2.45) is 0 Å². The minimum atomic E-state index is 0.527. The lowest BCUT2D eigenvalue weighted by molar-refractivity contribution is 1.35. The molecule has 68 valence electrons. The first kappa shape index (κ1) is 7.83. The van der Waals surface area contributed by atoms with Crippen LogP contribution in [0.15, 0.2) is 36.5 Å². The van der Waals surface area contributed by atoms with Gasteiger partial charge in [-0.2, -0.15) is 0 Å². The molecule has 2 heterocycles. The second kappa shape index (κ2) is 2.72. The number of halogens is 1. The van der Waals surface area contributed by atoms with Crippen LogP contribution < -0.4 is 0 Å². The highest BCUT2D eigenvalue weighted by Gasteiger charge is 2.05. The highest BCUT2D eigenvalue weighted by atomic mass is 35.5. The monoisotopic (exact) mass is 202 g/mol. The molecule has 0 saturated carbocycles. The summed E-state index contributed by atoms with van der Waals surface area (Å²) in [6.07, 6.45) is 1.73. The number of aromatic nitrogens is 2. The third kappa shape index (κ3) is 0.946. The molecule has 14 heavy (non-hydrogen) atoms. The van der Waals surface area contributed by atoms with Crippen molar-refractivity contribution in [1.82, 2.24) is 9.97 Å². The number of nitrogens with one attached hydrogen (secondary N) is 1. The van der Waals surface area contributed by atoms with Gasteiger partial charge in [0.15, 0.2) is 5.15 Å². The first-order valence-corrected chi connectivity index (χ1v) is 4.75. The van der Waals surface area contributed by atoms with Crippen molar-refractivity contribution in [3.63, 3.8) is 0 Å². The summed E-state index contributed by atoms with van der Waals surface area (Å²) in [5.41, 5.74) is 2.01. The number of rotatable bonds is 0. The lowest BCUT2D eigenvalue weighted by atomic mass is 10.2. The Balaban J connectivity index is 2.63. The highest BCUT2D eigenvalue weighted by Crippen LogP contribution is 2.27. The van der Waals surface area contributed by atoms with E-state index >= 15 is 0 Å². The Bertz CT molecular complexity index is 613. The molecule has 0 spiro atoms.